The van der Waals surface area contributed by atoms with E-state index in [4.69, 9.17) is 5.11 Å². The molecule has 1 aromatic heterocycles. The van der Waals surface area contributed by atoms with Gasteiger partial charge in [0.15, 0.2) is 0 Å². The number of fused-ring (bicyclic) bond motifs is 2. The summed E-state index contributed by atoms with van der Waals surface area (Å²) in [4.78, 5) is 24.5. The topological polar surface area (TPSA) is 69.6 Å². The van der Waals surface area contributed by atoms with Crippen LogP contribution in [0.1, 0.15) is 24.0 Å². The van der Waals surface area contributed by atoms with Crippen molar-refractivity contribution in [1.29, 1.82) is 0 Å². The summed E-state index contributed by atoms with van der Waals surface area (Å²) in [5, 5.41) is 9.09. The van der Waals surface area contributed by atoms with Crippen LogP contribution in [0.15, 0.2) is 54.9 Å². The van der Waals surface area contributed by atoms with Gasteiger partial charge in [0.05, 0.1) is 0 Å². The Morgan fingerprint density at radius 1 is 1.19 bits per heavy atom. The fraction of sp³-hybridized carbons (Fsp3) is 0.292. The van der Waals surface area contributed by atoms with Gasteiger partial charge in [0.25, 0.3) is 0 Å². The van der Waals surface area contributed by atoms with E-state index >= 15 is 0 Å². The number of hydrogen-bond acceptors (Lipinski definition) is 5. The molecule has 7 heteroatoms. The van der Waals surface area contributed by atoms with Crippen LogP contribution in [-0.4, -0.2) is 46.1 Å². The first-order valence-corrected chi connectivity index (χ1v) is 10.3. The van der Waals surface area contributed by atoms with Gasteiger partial charge in [-0.25, -0.2) is 14.4 Å². The Balaban J connectivity index is 1.46. The van der Waals surface area contributed by atoms with Crippen LogP contribution in [0.2, 0.25) is 0 Å². The number of carbonyl (C=O) groups excluding carboxylic acids is 1. The zero-order chi connectivity index (χ0) is 21.6. The Labute approximate surface area is 180 Å². The molecule has 158 valence electrons. The molecule has 1 aliphatic carbocycles. The van der Waals surface area contributed by atoms with Crippen LogP contribution in [0, 0.1) is 5.82 Å². The Kier molecular flexibility index (Phi) is 4.70. The zero-order valence-corrected chi connectivity index (χ0v) is 17.3. The Morgan fingerprint density at radius 3 is 2.61 bits per heavy atom. The van der Waals surface area contributed by atoms with Gasteiger partial charge in [-0.3, -0.25) is 4.79 Å². The summed E-state index contributed by atoms with van der Waals surface area (Å²) in [6, 6.07) is 12.9. The van der Waals surface area contributed by atoms with Crippen molar-refractivity contribution in [2.45, 2.75) is 24.8 Å². The molecule has 0 unspecified atom stereocenters. The molecule has 0 radical (unpaired) electrons. The highest BCUT2D eigenvalue weighted by atomic mass is 19.1. The molecule has 1 saturated carbocycles. The van der Waals surface area contributed by atoms with Crippen LogP contribution in [0.5, 0.6) is 0 Å². The number of aromatic nitrogens is 2. The van der Waals surface area contributed by atoms with E-state index in [2.05, 4.69) is 27.0 Å². The molecule has 2 aromatic carbocycles. The third kappa shape index (κ3) is 3.45. The molecule has 0 bridgehead atoms. The normalized spacial score (nSPS) is 15.8. The van der Waals surface area contributed by atoms with Crippen LogP contribution < -0.4 is 4.90 Å². The third-order valence-corrected chi connectivity index (χ3v) is 6.28. The lowest BCUT2D eigenvalue weighted by molar-refractivity contribution is -0.133. The lowest BCUT2D eigenvalue weighted by Crippen LogP contribution is -2.28. The SMILES string of the molecule is CN(Cc1ccc2c(c1)N(c1ncc(-c3ccccc3F)cn1)CC21CC1)C(=O)CO. The van der Waals surface area contributed by atoms with E-state index in [-0.39, 0.29) is 17.1 Å². The molecule has 5 rings (SSSR count). The zero-order valence-electron chi connectivity index (χ0n) is 17.3. The second kappa shape index (κ2) is 7.42. The molecule has 0 atom stereocenters. The predicted octanol–water partition coefficient (Wildman–Crippen LogP) is 3.42. The van der Waals surface area contributed by atoms with Gasteiger partial charge in [-0.15, -0.1) is 0 Å². The lowest BCUT2D eigenvalue weighted by Gasteiger charge is -2.20. The number of hydrogen-bond donors (Lipinski definition) is 1. The number of anilines is 2. The summed E-state index contributed by atoms with van der Waals surface area (Å²) in [7, 11) is 1.68. The number of aliphatic hydroxyl groups excluding tert-OH is 1. The van der Waals surface area contributed by atoms with Crippen molar-refractivity contribution < 1.29 is 14.3 Å². The highest BCUT2D eigenvalue weighted by molar-refractivity contribution is 5.77. The largest absolute Gasteiger partial charge is 0.387 e. The van der Waals surface area contributed by atoms with Gasteiger partial charge >= 0.3 is 0 Å². The van der Waals surface area contributed by atoms with Gasteiger partial charge in [-0.1, -0.05) is 30.3 Å². The maximum Gasteiger partial charge on any atom is 0.248 e. The van der Waals surface area contributed by atoms with E-state index in [1.807, 2.05) is 6.07 Å². The van der Waals surface area contributed by atoms with Gasteiger partial charge in [0.2, 0.25) is 11.9 Å². The summed E-state index contributed by atoms with van der Waals surface area (Å²) in [5.74, 6) is -0.0290. The number of likely N-dealkylation sites (N-methyl/N-ethyl adjacent to an activating group) is 1. The van der Waals surface area contributed by atoms with Crippen LogP contribution in [0.4, 0.5) is 16.0 Å². The Hall–Kier alpha value is -3.32. The second-order valence-electron chi connectivity index (χ2n) is 8.38. The molecule has 6 nitrogen and oxygen atoms in total. The molecular formula is C24H23FN4O2. The van der Waals surface area contributed by atoms with E-state index in [0.29, 0.717) is 23.6 Å². The lowest BCUT2D eigenvalue weighted by atomic mass is 9.97. The van der Waals surface area contributed by atoms with Crippen LogP contribution >= 0.6 is 0 Å². The minimum Gasteiger partial charge on any atom is -0.387 e. The molecule has 1 amide bonds. The Bertz CT molecular complexity index is 1140. The molecule has 2 aliphatic rings. The van der Waals surface area contributed by atoms with Gasteiger partial charge in [-0.2, -0.15) is 0 Å². The van der Waals surface area contributed by atoms with E-state index < -0.39 is 6.61 Å². The molecule has 3 aromatic rings. The van der Waals surface area contributed by atoms with Crippen LogP contribution in [0.3, 0.4) is 0 Å². The minimum atomic E-state index is -0.501. The van der Waals surface area contributed by atoms with Gasteiger partial charge in [0.1, 0.15) is 12.4 Å². The molecular weight excluding hydrogens is 395 g/mol. The van der Waals surface area contributed by atoms with E-state index in [9.17, 15) is 9.18 Å². The molecule has 1 N–H and O–H groups in total. The summed E-state index contributed by atoms with van der Waals surface area (Å²) in [6.07, 6.45) is 5.59. The van der Waals surface area contributed by atoms with Crippen molar-refractivity contribution >= 4 is 17.5 Å². The monoisotopic (exact) mass is 418 g/mol. The molecule has 1 fully saturated rings. The number of nitrogens with zero attached hydrogens (tertiary/aromatic N) is 4. The summed E-state index contributed by atoms with van der Waals surface area (Å²) in [6.45, 7) is 0.732. The van der Waals surface area contributed by atoms with Gasteiger partial charge in [-0.05, 0) is 36.1 Å². The highest BCUT2D eigenvalue weighted by Crippen LogP contribution is 2.57. The smallest absolute Gasteiger partial charge is 0.248 e. The van der Waals surface area contributed by atoms with Crippen molar-refractivity contribution in [3.05, 3.63) is 71.8 Å². The standard InChI is InChI=1S/C24H23FN4O2/c1-28(22(31)14-30)13-16-6-7-19-21(10-16)29(15-24(19)8-9-24)23-26-11-17(12-27-23)18-4-2-3-5-20(18)25/h2-7,10-12,30H,8-9,13-15H2,1H3. The molecule has 31 heavy (non-hydrogen) atoms. The minimum absolute atomic E-state index is 0.147. The highest BCUT2D eigenvalue weighted by Gasteiger charge is 2.52. The van der Waals surface area contributed by atoms with E-state index in [1.54, 1.807) is 37.6 Å². The quantitative estimate of drug-likeness (QED) is 0.688. The fourth-order valence-electron chi connectivity index (χ4n) is 4.35. The molecule has 1 spiro atoms. The fourth-order valence-corrected chi connectivity index (χ4v) is 4.35. The number of carbonyl (C=O) groups is 1. The number of benzene rings is 2. The summed E-state index contributed by atoms with van der Waals surface area (Å²) in [5.41, 5.74) is 4.59. The number of halogens is 1. The predicted molar refractivity (Wildman–Crippen MR) is 115 cm³/mol. The van der Waals surface area contributed by atoms with Crippen LogP contribution in [-0.2, 0) is 16.8 Å². The summed E-state index contributed by atoms with van der Waals surface area (Å²) >= 11 is 0. The third-order valence-electron chi connectivity index (χ3n) is 6.28. The first kappa shape index (κ1) is 19.6. The van der Waals surface area contributed by atoms with Crippen molar-refractivity contribution in [1.82, 2.24) is 14.9 Å². The first-order valence-electron chi connectivity index (χ1n) is 10.3. The Morgan fingerprint density at radius 2 is 1.94 bits per heavy atom. The van der Waals surface area contributed by atoms with E-state index in [1.165, 1.54) is 16.5 Å². The van der Waals surface area contributed by atoms with Crippen molar-refractivity contribution in [2.24, 2.45) is 0 Å². The number of rotatable bonds is 5. The second-order valence-corrected chi connectivity index (χ2v) is 8.38. The van der Waals surface area contributed by atoms with Crippen LogP contribution in [0.25, 0.3) is 11.1 Å². The average Bonchev–Trinajstić information content (AvgIpc) is 3.50. The van der Waals surface area contributed by atoms with Crippen molar-refractivity contribution in [3.63, 3.8) is 0 Å². The van der Waals surface area contributed by atoms with E-state index in [0.717, 1.165) is 30.6 Å². The number of aliphatic hydroxyl groups is 1. The number of amides is 1. The maximum absolute atomic E-state index is 14.1. The molecule has 0 saturated heterocycles. The molecule has 2 heterocycles. The maximum atomic E-state index is 14.1. The average molecular weight is 418 g/mol. The van der Waals surface area contributed by atoms with Crippen molar-refractivity contribution in [3.8, 4) is 11.1 Å². The van der Waals surface area contributed by atoms with Gasteiger partial charge in [0, 0.05) is 54.8 Å². The van der Waals surface area contributed by atoms with Crippen molar-refractivity contribution in [2.75, 3.05) is 25.1 Å². The van der Waals surface area contributed by atoms with Gasteiger partial charge < -0.3 is 14.9 Å². The summed E-state index contributed by atoms with van der Waals surface area (Å²) < 4.78 is 14.1. The molecule has 1 aliphatic heterocycles. The first-order chi connectivity index (χ1) is 15.0.